The SMILES string of the molecule is COc1ccc(N(C)C(=O)[C@H](Cc2cc(F)cc(F)c2)NC(=O)c2cccc(-c3cn(Cc4cccc5ccccc45)nn3)c2)cc1. The first-order valence-corrected chi connectivity index (χ1v) is 14.9. The summed E-state index contributed by atoms with van der Waals surface area (Å²) in [5.74, 6) is -1.94. The van der Waals surface area contributed by atoms with Crippen molar-refractivity contribution in [2.75, 3.05) is 19.1 Å². The molecule has 236 valence electrons. The second-order valence-electron chi connectivity index (χ2n) is 11.1. The van der Waals surface area contributed by atoms with Gasteiger partial charge in [0.2, 0.25) is 5.91 Å². The number of carbonyl (C=O) groups excluding carboxylic acids is 2. The zero-order valence-electron chi connectivity index (χ0n) is 25.7. The molecule has 0 saturated carbocycles. The van der Waals surface area contributed by atoms with E-state index in [0.717, 1.165) is 34.5 Å². The van der Waals surface area contributed by atoms with Gasteiger partial charge in [0.1, 0.15) is 29.1 Å². The van der Waals surface area contributed by atoms with Gasteiger partial charge in [-0.05, 0) is 70.4 Å². The summed E-state index contributed by atoms with van der Waals surface area (Å²) < 4.78 is 35.1. The number of nitrogens with one attached hydrogen (secondary N) is 1. The standard InChI is InChI=1S/C37H31F2N5O3/c1-43(31-13-15-32(47-2)16-14-31)37(46)34(19-24-17-29(38)21-30(39)18-24)40-36(45)27-10-6-9-26(20-27)35-23-44(42-41-35)22-28-11-5-8-25-7-3-4-12-33(25)28/h3-18,20-21,23,34H,19,22H2,1-2H3,(H,40,45)/t34-/m0/s1. The summed E-state index contributed by atoms with van der Waals surface area (Å²) in [6.45, 7) is 0.515. The van der Waals surface area contributed by atoms with Gasteiger partial charge in [-0.1, -0.05) is 59.8 Å². The van der Waals surface area contributed by atoms with E-state index < -0.39 is 29.5 Å². The molecule has 6 rings (SSSR count). The normalized spacial score (nSPS) is 11.7. The van der Waals surface area contributed by atoms with Crippen molar-refractivity contribution >= 4 is 28.3 Å². The molecular formula is C37H31F2N5O3. The van der Waals surface area contributed by atoms with Crippen LogP contribution in [0.1, 0.15) is 21.5 Å². The van der Waals surface area contributed by atoms with Crippen LogP contribution in [0.4, 0.5) is 14.5 Å². The second kappa shape index (κ2) is 13.6. The van der Waals surface area contributed by atoms with Crippen LogP contribution >= 0.6 is 0 Å². The average Bonchev–Trinajstić information content (AvgIpc) is 3.56. The van der Waals surface area contributed by atoms with Crippen LogP contribution in [0.2, 0.25) is 0 Å². The minimum absolute atomic E-state index is 0.137. The molecule has 10 heteroatoms. The van der Waals surface area contributed by atoms with E-state index in [1.54, 1.807) is 54.2 Å². The number of amides is 2. The Balaban J connectivity index is 1.23. The molecule has 47 heavy (non-hydrogen) atoms. The fourth-order valence-electron chi connectivity index (χ4n) is 5.51. The van der Waals surface area contributed by atoms with E-state index in [1.165, 1.54) is 12.0 Å². The maximum Gasteiger partial charge on any atom is 0.251 e. The molecule has 5 aromatic carbocycles. The molecule has 1 aromatic heterocycles. The lowest BCUT2D eigenvalue weighted by atomic mass is 10.0. The molecular weight excluding hydrogens is 600 g/mol. The predicted octanol–water partition coefficient (Wildman–Crippen LogP) is 6.44. The fourth-order valence-corrected chi connectivity index (χ4v) is 5.51. The van der Waals surface area contributed by atoms with Crippen LogP contribution in [0.5, 0.6) is 5.75 Å². The van der Waals surface area contributed by atoms with E-state index in [0.29, 0.717) is 29.2 Å². The van der Waals surface area contributed by atoms with Crippen LogP contribution in [0.3, 0.4) is 0 Å². The molecule has 0 aliphatic heterocycles. The van der Waals surface area contributed by atoms with Gasteiger partial charge in [-0.15, -0.1) is 5.10 Å². The number of anilines is 1. The number of methoxy groups -OCH3 is 1. The maximum absolute atomic E-state index is 14.1. The Bertz CT molecular complexity index is 2040. The zero-order valence-corrected chi connectivity index (χ0v) is 25.7. The molecule has 1 atom stereocenters. The van der Waals surface area contributed by atoms with Gasteiger partial charge in [0, 0.05) is 36.3 Å². The molecule has 0 fully saturated rings. The third kappa shape index (κ3) is 7.17. The number of fused-ring (bicyclic) bond motifs is 1. The monoisotopic (exact) mass is 631 g/mol. The number of carbonyl (C=O) groups is 2. The smallest absolute Gasteiger partial charge is 0.251 e. The number of aromatic nitrogens is 3. The van der Waals surface area contributed by atoms with Crippen molar-refractivity contribution in [2.45, 2.75) is 19.0 Å². The quantitative estimate of drug-likeness (QED) is 0.188. The zero-order chi connectivity index (χ0) is 32.9. The fraction of sp³-hybridized carbons (Fsp3) is 0.135. The lowest BCUT2D eigenvalue weighted by Gasteiger charge is -2.25. The molecule has 1 N–H and O–H groups in total. The Kier molecular flexibility index (Phi) is 9.01. The molecule has 6 aromatic rings. The molecule has 0 aliphatic carbocycles. The van der Waals surface area contributed by atoms with Crippen molar-refractivity contribution in [3.8, 4) is 17.0 Å². The first-order chi connectivity index (χ1) is 22.8. The highest BCUT2D eigenvalue weighted by Crippen LogP contribution is 2.23. The summed E-state index contributed by atoms with van der Waals surface area (Å²) in [7, 11) is 3.11. The van der Waals surface area contributed by atoms with E-state index in [2.05, 4.69) is 39.9 Å². The van der Waals surface area contributed by atoms with E-state index >= 15 is 0 Å². The van der Waals surface area contributed by atoms with Crippen molar-refractivity contribution in [3.05, 3.63) is 144 Å². The summed E-state index contributed by atoms with van der Waals surface area (Å²) in [4.78, 5) is 28.7. The first-order valence-electron chi connectivity index (χ1n) is 14.9. The molecule has 0 radical (unpaired) electrons. The van der Waals surface area contributed by atoms with E-state index in [9.17, 15) is 18.4 Å². The largest absolute Gasteiger partial charge is 0.497 e. The summed E-state index contributed by atoms with van der Waals surface area (Å²) >= 11 is 0. The van der Waals surface area contributed by atoms with Gasteiger partial charge < -0.3 is 15.0 Å². The number of likely N-dealkylation sites (N-methyl/N-ethyl adjacent to an activating group) is 1. The second-order valence-corrected chi connectivity index (χ2v) is 11.1. The predicted molar refractivity (Wildman–Crippen MR) is 176 cm³/mol. The number of nitrogens with zero attached hydrogens (tertiary/aromatic N) is 4. The molecule has 0 unspecified atom stereocenters. The third-order valence-corrected chi connectivity index (χ3v) is 7.93. The van der Waals surface area contributed by atoms with Gasteiger partial charge in [0.15, 0.2) is 0 Å². The number of ether oxygens (including phenoxy) is 1. The molecule has 0 spiro atoms. The number of benzene rings is 5. The van der Waals surface area contributed by atoms with Gasteiger partial charge in [-0.25, -0.2) is 13.5 Å². The van der Waals surface area contributed by atoms with Gasteiger partial charge in [-0.3, -0.25) is 9.59 Å². The topological polar surface area (TPSA) is 89.4 Å². The Morgan fingerprint density at radius 3 is 2.38 bits per heavy atom. The van der Waals surface area contributed by atoms with Gasteiger partial charge in [-0.2, -0.15) is 0 Å². The number of hydrogen-bond acceptors (Lipinski definition) is 5. The van der Waals surface area contributed by atoms with Crippen molar-refractivity contribution < 1.29 is 23.1 Å². The lowest BCUT2D eigenvalue weighted by Crippen LogP contribution is -2.48. The molecule has 0 bridgehead atoms. The molecule has 8 nitrogen and oxygen atoms in total. The Hall–Kier alpha value is -5.90. The van der Waals surface area contributed by atoms with Crippen molar-refractivity contribution in [1.82, 2.24) is 20.3 Å². The molecule has 0 saturated heterocycles. The molecule has 2 amide bonds. The third-order valence-electron chi connectivity index (χ3n) is 7.93. The van der Waals surface area contributed by atoms with Gasteiger partial charge in [0.05, 0.1) is 19.9 Å². The Labute approximate surface area is 270 Å². The average molecular weight is 632 g/mol. The van der Waals surface area contributed by atoms with Crippen LogP contribution < -0.4 is 15.0 Å². The van der Waals surface area contributed by atoms with Crippen LogP contribution in [-0.2, 0) is 17.8 Å². The van der Waals surface area contributed by atoms with Crippen LogP contribution in [-0.4, -0.2) is 47.0 Å². The van der Waals surface area contributed by atoms with Crippen molar-refractivity contribution in [3.63, 3.8) is 0 Å². The maximum atomic E-state index is 14.1. The van der Waals surface area contributed by atoms with Crippen molar-refractivity contribution in [2.24, 2.45) is 0 Å². The minimum atomic E-state index is -1.14. The highest BCUT2D eigenvalue weighted by Gasteiger charge is 2.26. The lowest BCUT2D eigenvalue weighted by molar-refractivity contribution is -0.120. The number of halogens is 2. The Morgan fingerprint density at radius 2 is 1.62 bits per heavy atom. The van der Waals surface area contributed by atoms with Gasteiger partial charge >= 0.3 is 0 Å². The highest BCUT2D eigenvalue weighted by molar-refractivity contribution is 6.02. The number of hydrogen-bond donors (Lipinski definition) is 1. The van der Waals surface area contributed by atoms with Gasteiger partial charge in [0.25, 0.3) is 5.91 Å². The van der Waals surface area contributed by atoms with Crippen molar-refractivity contribution in [1.29, 1.82) is 0 Å². The summed E-state index contributed by atoms with van der Waals surface area (Å²) in [5, 5.41) is 13.7. The van der Waals surface area contributed by atoms with Crippen LogP contribution in [0.25, 0.3) is 22.0 Å². The van der Waals surface area contributed by atoms with E-state index in [4.69, 9.17) is 4.74 Å². The van der Waals surface area contributed by atoms with E-state index in [1.807, 2.05) is 30.5 Å². The van der Waals surface area contributed by atoms with Crippen LogP contribution in [0.15, 0.2) is 115 Å². The number of rotatable bonds is 10. The minimum Gasteiger partial charge on any atom is -0.497 e. The summed E-state index contributed by atoms with van der Waals surface area (Å²) in [6, 6.07) is 29.8. The molecule has 0 aliphatic rings. The Morgan fingerprint density at radius 1 is 0.894 bits per heavy atom. The summed E-state index contributed by atoms with van der Waals surface area (Å²) in [5.41, 5.74) is 3.38. The molecule has 1 heterocycles. The van der Waals surface area contributed by atoms with Crippen LogP contribution in [0, 0.1) is 11.6 Å². The first kappa shape index (κ1) is 31.1. The van der Waals surface area contributed by atoms with E-state index in [-0.39, 0.29) is 17.5 Å². The summed E-state index contributed by atoms with van der Waals surface area (Å²) in [6.07, 6.45) is 1.68. The highest BCUT2D eigenvalue weighted by atomic mass is 19.1.